The van der Waals surface area contributed by atoms with Crippen molar-refractivity contribution in [3.05, 3.63) is 120 Å². The van der Waals surface area contributed by atoms with Gasteiger partial charge in [-0.3, -0.25) is 9.10 Å². The van der Waals surface area contributed by atoms with Gasteiger partial charge in [0.1, 0.15) is 11.5 Å². The van der Waals surface area contributed by atoms with Crippen LogP contribution in [0.3, 0.4) is 0 Å². The normalized spacial score (nSPS) is 11.1. The average Bonchev–Trinajstić information content (AvgIpc) is 2.99. The topological polar surface area (TPSA) is 84.9 Å². The van der Waals surface area contributed by atoms with E-state index >= 15 is 0 Å². The average molecular weight is 559 g/mol. The standard InChI is InChI=1S/C32H34N2O5S/c1-3-39-31-18-10-7-14-26(31)15-11-23-33-32(35)29-16-8-9-17-30(29)34(24-25-12-5-4-6-13-25)40(36,37)28-21-19-27(38-2)20-22-28/h4-10,12-14,16-22H,3,11,15,23-24H2,1-2H3,(H,33,35). The van der Waals surface area contributed by atoms with Gasteiger partial charge in [-0.25, -0.2) is 8.42 Å². The number of anilines is 1. The second-order valence-electron chi connectivity index (χ2n) is 9.09. The summed E-state index contributed by atoms with van der Waals surface area (Å²) in [5.41, 5.74) is 2.47. The fourth-order valence-corrected chi connectivity index (χ4v) is 5.86. The molecule has 0 unspecified atom stereocenters. The number of para-hydroxylation sites is 2. The minimum atomic E-state index is -4.02. The van der Waals surface area contributed by atoms with Gasteiger partial charge in [-0.05, 0) is 73.4 Å². The van der Waals surface area contributed by atoms with E-state index in [0.29, 0.717) is 31.0 Å². The Hall–Kier alpha value is -4.30. The zero-order chi connectivity index (χ0) is 28.4. The molecule has 7 nitrogen and oxygen atoms in total. The van der Waals surface area contributed by atoms with Crippen LogP contribution in [0.2, 0.25) is 0 Å². The molecule has 0 aliphatic carbocycles. The summed E-state index contributed by atoms with van der Waals surface area (Å²) >= 11 is 0. The maximum atomic E-state index is 14.0. The highest BCUT2D eigenvalue weighted by Gasteiger charge is 2.28. The number of ether oxygens (including phenoxy) is 2. The van der Waals surface area contributed by atoms with Crippen molar-refractivity contribution in [1.82, 2.24) is 5.32 Å². The van der Waals surface area contributed by atoms with E-state index in [0.717, 1.165) is 23.3 Å². The first kappa shape index (κ1) is 28.7. The van der Waals surface area contributed by atoms with Crippen molar-refractivity contribution >= 4 is 21.6 Å². The van der Waals surface area contributed by atoms with Gasteiger partial charge in [0.25, 0.3) is 15.9 Å². The molecule has 0 aliphatic rings. The third-order valence-corrected chi connectivity index (χ3v) is 8.19. The number of benzene rings is 4. The Bertz CT molecular complexity index is 1510. The van der Waals surface area contributed by atoms with Crippen LogP contribution in [0.1, 0.15) is 34.8 Å². The van der Waals surface area contributed by atoms with E-state index in [1.165, 1.54) is 23.5 Å². The first-order chi connectivity index (χ1) is 19.4. The van der Waals surface area contributed by atoms with E-state index in [4.69, 9.17) is 9.47 Å². The molecule has 0 atom stereocenters. The van der Waals surface area contributed by atoms with Crippen molar-refractivity contribution < 1.29 is 22.7 Å². The molecule has 0 fully saturated rings. The lowest BCUT2D eigenvalue weighted by molar-refractivity contribution is 0.0954. The second kappa shape index (κ2) is 13.7. The third kappa shape index (κ3) is 7.01. The van der Waals surface area contributed by atoms with Gasteiger partial charge in [0.05, 0.1) is 36.4 Å². The van der Waals surface area contributed by atoms with E-state index in [1.54, 1.807) is 36.4 Å². The van der Waals surface area contributed by atoms with E-state index in [1.807, 2.05) is 61.5 Å². The molecule has 1 amide bonds. The van der Waals surface area contributed by atoms with Crippen molar-refractivity contribution in [2.45, 2.75) is 31.2 Å². The second-order valence-corrected chi connectivity index (χ2v) is 11.0. The molecular formula is C32H34N2O5S. The van der Waals surface area contributed by atoms with Crippen LogP contribution in [0.5, 0.6) is 11.5 Å². The van der Waals surface area contributed by atoms with E-state index in [-0.39, 0.29) is 22.9 Å². The Morgan fingerprint density at radius 3 is 2.25 bits per heavy atom. The monoisotopic (exact) mass is 558 g/mol. The molecule has 0 aromatic heterocycles. The smallest absolute Gasteiger partial charge is 0.264 e. The van der Waals surface area contributed by atoms with Gasteiger partial charge in [0.15, 0.2) is 0 Å². The number of aryl methyl sites for hydroxylation is 1. The number of carbonyl (C=O) groups excluding carboxylic acids is 1. The quantitative estimate of drug-likeness (QED) is 0.208. The number of rotatable bonds is 13. The molecular weight excluding hydrogens is 524 g/mol. The Morgan fingerprint density at radius 2 is 1.52 bits per heavy atom. The lowest BCUT2D eigenvalue weighted by Gasteiger charge is -2.26. The molecule has 0 spiro atoms. The zero-order valence-electron chi connectivity index (χ0n) is 22.7. The lowest BCUT2D eigenvalue weighted by Crippen LogP contribution is -2.33. The first-order valence-corrected chi connectivity index (χ1v) is 14.7. The Morgan fingerprint density at radius 1 is 0.850 bits per heavy atom. The minimum absolute atomic E-state index is 0.0632. The van der Waals surface area contributed by atoms with Crippen LogP contribution in [0.25, 0.3) is 0 Å². The van der Waals surface area contributed by atoms with Crippen LogP contribution in [-0.4, -0.2) is 34.6 Å². The Kier molecular flexibility index (Phi) is 9.81. The number of nitrogens with one attached hydrogen (secondary N) is 1. The number of hydrogen-bond acceptors (Lipinski definition) is 5. The number of amides is 1. The summed E-state index contributed by atoms with van der Waals surface area (Å²) in [6.45, 7) is 3.03. The minimum Gasteiger partial charge on any atom is -0.497 e. The summed E-state index contributed by atoms with van der Waals surface area (Å²) in [5.74, 6) is 1.07. The molecule has 40 heavy (non-hydrogen) atoms. The van der Waals surface area contributed by atoms with Gasteiger partial charge in [0, 0.05) is 6.54 Å². The molecule has 1 N–H and O–H groups in total. The summed E-state index contributed by atoms with van der Waals surface area (Å²) in [6, 6.07) is 30.2. The maximum Gasteiger partial charge on any atom is 0.264 e. The van der Waals surface area contributed by atoms with Crippen LogP contribution < -0.4 is 19.1 Å². The first-order valence-electron chi connectivity index (χ1n) is 13.2. The highest BCUT2D eigenvalue weighted by atomic mass is 32.2. The van der Waals surface area contributed by atoms with Gasteiger partial charge in [-0.2, -0.15) is 0 Å². The van der Waals surface area contributed by atoms with Crippen LogP contribution in [0.15, 0.2) is 108 Å². The predicted octanol–water partition coefficient (Wildman–Crippen LogP) is 5.85. The van der Waals surface area contributed by atoms with Gasteiger partial charge in [-0.15, -0.1) is 0 Å². The van der Waals surface area contributed by atoms with Crippen LogP contribution in [0.4, 0.5) is 5.69 Å². The molecule has 0 radical (unpaired) electrons. The number of carbonyl (C=O) groups is 1. The summed E-state index contributed by atoms with van der Waals surface area (Å²) < 4.78 is 40.1. The largest absolute Gasteiger partial charge is 0.497 e. The molecule has 0 aliphatic heterocycles. The summed E-state index contributed by atoms with van der Waals surface area (Å²) in [7, 11) is -2.50. The summed E-state index contributed by atoms with van der Waals surface area (Å²) in [6.07, 6.45) is 1.44. The SMILES string of the molecule is CCOc1ccccc1CCCNC(=O)c1ccccc1N(Cc1ccccc1)S(=O)(=O)c1ccc(OC)cc1. The van der Waals surface area contributed by atoms with Crippen molar-refractivity contribution in [3.63, 3.8) is 0 Å². The van der Waals surface area contributed by atoms with E-state index in [9.17, 15) is 13.2 Å². The fourth-order valence-electron chi connectivity index (χ4n) is 4.39. The highest BCUT2D eigenvalue weighted by molar-refractivity contribution is 7.92. The molecule has 0 bridgehead atoms. The van der Waals surface area contributed by atoms with Gasteiger partial charge < -0.3 is 14.8 Å². The number of hydrogen-bond donors (Lipinski definition) is 1. The molecule has 8 heteroatoms. The zero-order valence-corrected chi connectivity index (χ0v) is 23.6. The Labute approximate surface area is 236 Å². The molecule has 0 heterocycles. The highest BCUT2D eigenvalue weighted by Crippen LogP contribution is 2.30. The van der Waals surface area contributed by atoms with Crippen molar-refractivity contribution in [3.8, 4) is 11.5 Å². The van der Waals surface area contributed by atoms with Gasteiger partial charge in [0.2, 0.25) is 0 Å². The number of nitrogens with zero attached hydrogens (tertiary/aromatic N) is 1. The Balaban J connectivity index is 1.57. The van der Waals surface area contributed by atoms with Crippen molar-refractivity contribution in [2.24, 2.45) is 0 Å². The lowest BCUT2D eigenvalue weighted by atomic mass is 10.1. The molecule has 0 saturated heterocycles. The van der Waals surface area contributed by atoms with Crippen LogP contribution >= 0.6 is 0 Å². The number of sulfonamides is 1. The fraction of sp³-hybridized carbons (Fsp3) is 0.219. The van der Waals surface area contributed by atoms with E-state index in [2.05, 4.69) is 5.32 Å². The molecule has 4 aromatic carbocycles. The van der Waals surface area contributed by atoms with E-state index < -0.39 is 10.0 Å². The maximum absolute atomic E-state index is 14.0. The van der Waals surface area contributed by atoms with Crippen LogP contribution in [0, 0.1) is 0 Å². The van der Waals surface area contributed by atoms with Gasteiger partial charge in [-0.1, -0.05) is 60.7 Å². The number of methoxy groups -OCH3 is 1. The third-order valence-electron chi connectivity index (χ3n) is 6.41. The van der Waals surface area contributed by atoms with Crippen LogP contribution in [-0.2, 0) is 23.0 Å². The van der Waals surface area contributed by atoms with Crippen molar-refractivity contribution in [2.75, 3.05) is 24.6 Å². The predicted molar refractivity (Wildman–Crippen MR) is 158 cm³/mol. The van der Waals surface area contributed by atoms with Gasteiger partial charge >= 0.3 is 0 Å². The molecule has 4 aromatic rings. The molecule has 4 rings (SSSR count). The summed E-state index contributed by atoms with van der Waals surface area (Å²) in [4.78, 5) is 13.5. The summed E-state index contributed by atoms with van der Waals surface area (Å²) in [5, 5.41) is 2.97. The molecule has 0 saturated carbocycles. The van der Waals surface area contributed by atoms with Crippen molar-refractivity contribution in [1.29, 1.82) is 0 Å². The molecule has 208 valence electrons.